The van der Waals surface area contributed by atoms with Gasteiger partial charge < -0.3 is 10.6 Å². The quantitative estimate of drug-likeness (QED) is 0.908. The molecule has 2 aromatic carbocycles. The number of rotatable bonds is 4. The molecular weight excluding hydrogens is 246 g/mol. The second-order valence-electron chi connectivity index (χ2n) is 4.98. The lowest BCUT2D eigenvalue weighted by molar-refractivity contribution is 0.304. The lowest BCUT2D eigenvalue weighted by Crippen LogP contribution is -2.38. The number of fused-ring (bicyclic) bond motifs is 1. The molecule has 0 radical (unpaired) electrons. The van der Waals surface area contributed by atoms with Crippen LogP contribution in [0.2, 0.25) is 0 Å². The standard InChI is InChI=1S/C17H19N3/c18-11-6-12-20-13-15-9-4-5-10-16(15)19-17(20)14-7-2-1-3-8-14/h1-5,7-10,13,17H,6,11-12,18H2. The number of hydrogen-bond donors (Lipinski definition) is 1. The Morgan fingerprint density at radius 3 is 2.55 bits per heavy atom. The number of nitrogens with zero attached hydrogens (tertiary/aromatic N) is 2. The summed E-state index contributed by atoms with van der Waals surface area (Å²) in [5.74, 6) is 0. The van der Waals surface area contributed by atoms with E-state index in [0.717, 1.165) is 18.3 Å². The number of nitrogens with two attached hydrogens (primary N) is 1. The van der Waals surface area contributed by atoms with Crippen molar-refractivity contribution in [3.63, 3.8) is 0 Å². The van der Waals surface area contributed by atoms with Crippen LogP contribution in [-0.2, 0) is 0 Å². The number of hydrogen-bond acceptors (Lipinski definition) is 3. The average molecular weight is 265 g/mol. The Bertz CT molecular complexity index is 679. The van der Waals surface area contributed by atoms with Gasteiger partial charge in [-0.15, -0.1) is 0 Å². The predicted octanol–water partition coefficient (Wildman–Crippen LogP) is 1.41. The summed E-state index contributed by atoms with van der Waals surface area (Å²) in [5, 5.41) is 2.24. The van der Waals surface area contributed by atoms with E-state index in [9.17, 15) is 0 Å². The van der Waals surface area contributed by atoms with E-state index in [-0.39, 0.29) is 6.17 Å². The van der Waals surface area contributed by atoms with Crippen molar-refractivity contribution in [3.05, 3.63) is 70.7 Å². The van der Waals surface area contributed by atoms with E-state index < -0.39 is 0 Å². The maximum atomic E-state index is 5.65. The van der Waals surface area contributed by atoms with Gasteiger partial charge in [-0.1, -0.05) is 48.5 Å². The smallest absolute Gasteiger partial charge is 0.147 e. The fourth-order valence-corrected chi connectivity index (χ4v) is 2.52. The van der Waals surface area contributed by atoms with Gasteiger partial charge >= 0.3 is 0 Å². The first-order chi connectivity index (χ1) is 9.88. The molecular formula is C17H19N3. The summed E-state index contributed by atoms with van der Waals surface area (Å²) in [5.41, 5.74) is 6.87. The topological polar surface area (TPSA) is 41.6 Å². The second kappa shape index (κ2) is 5.88. The highest BCUT2D eigenvalue weighted by Gasteiger charge is 2.18. The summed E-state index contributed by atoms with van der Waals surface area (Å²) in [6.45, 7) is 1.63. The summed E-state index contributed by atoms with van der Waals surface area (Å²) >= 11 is 0. The van der Waals surface area contributed by atoms with Gasteiger partial charge in [-0.3, -0.25) is 4.99 Å². The fourth-order valence-electron chi connectivity index (χ4n) is 2.52. The van der Waals surface area contributed by atoms with Crippen LogP contribution in [0.15, 0.2) is 59.6 Å². The molecule has 0 saturated heterocycles. The third kappa shape index (κ3) is 2.58. The van der Waals surface area contributed by atoms with Crippen LogP contribution in [0.25, 0.3) is 6.20 Å². The van der Waals surface area contributed by atoms with Gasteiger partial charge in [-0.05, 0) is 24.6 Å². The maximum Gasteiger partial charge on any atom is 0.147 e. The van der Waals surface area contributed by atoms with Gasteiger partial charge in [0.05, 0.1) is 5.36 Å². The molecule has 3 heteroatoms. The van der Waals surface area contributed by atoms with Crippen molar-refractivity contribution in [1.82, 2.24) is 4.90 Å². The molecule has 102 valence electrons. The van der Waals surface area contributed by atoms with Gasteiger partial charge in [0.25, 0.3) is 0 Å². The molecule has 0 aliphatic carbocycles. The van der Waals surface area contributed by atoms with E-state index in [1.54, 1.807) is 0 Å². The van der Waals surface area contributed by atoms with Gasteiger partial charge in [-0.25, -0.2) is 0 Å². The molecule has 0 spiro atoms. The van der Waals surface area contributed by atoms with Gasteiger partial charge in [0, 0.05) is 18.0 Å². The van der Waals surface area contributed by atoms with Crippen LogP contribution in [0.5, 0.6) is 0 Å². The Kier molecular flexibility index (Phi) is 3.79. The van der Waals surface area contributed by atoms with Gasteiger partial charge in [0.15, 0.2) is 0 Å². The SMILES string of the molecule is NCCCN1C=c2ccccc2=NC1c1ccccc1. The Morgan fingerprint density at radius 1 is 1.00 bits per heavy atom. The largest absolute Gasteiger partial charge is 0.352 e. The van der Waals surface area contributed by atoms with E-state index >= 15 is 0 Å². The van der Waals surface area contributed by atoms with Crippen LogP contribution in [0.3, 0.4) is 0 Å². The Morgan fingerprint density at radius 2 is 1.75 bits per heavy atom. The highest BCUT2D eigenvalue weighted by molar-refractivity contribution is 5.30. The molecule has 3 rings (SSSR count). The van der Waals surface area contributed by atoms with Crippen LogP contribution < -0.4 is 16.3 Å². The second-order valence-corrected chi connectivity index (χ2v) is 4.98. The summed E-state index contributed by atoms with van der Waals surface area (Å²) in [6, 6.07) is 18.7. The molecule has 0 bridgehead atoms. The molecule has 3 nitrogen and oxygen atoms in total. The predicted molar refractivity (Wildman–Crippen MR) is 81.2 cm³/mol. The minimum atomic E-state index is 0.0534. The van der Waals surface area contributed by atoms with Crippen molar-refractivity contribution in [3.8, 4) is 0 Å². The minimum absolute atomic E-state index is 0.0534. The maximum absolute atomic E-state index is 5.65. The van der Waals surface area contributed by atoms with E-state index in [0.29, 0.717) is 6.54 Å². The molecule has 20 heavy (non-hydrogen) atoms. The van der Waals surface area contributed by atoms with Crippen LogP contribution in [0.1, 0.15) is 18.2 Å². The Labute approximate surface area is 119 Å². The monoisotopic (exact) mass is 265 g/mol. The van der Waals surface area contributed by atoms with Crippen molar-refractivity contribution in [1.29, 1.82) is 0 Å². The third-order valence-electron chi connectivity index (χ3n) is 3.54. The normalized spacial score (nSPS) is 17.1. The average Bonchev–Trinajstić information content (AvgIpc) is 2.53. The van der Waals surface area contributed by atoms with Crippen molar-refractivity contribution in [2.24, 2.45) is 10.7 Å². The summed E-state index contributed by atoms with van der Waals surface area (Å²) in [7, 11) is 0. The molecule has 0 aromatic heterocycles. The Balaban J connectivity index is 2.04. The molecule has 1 aliphatic heterocycles. The van der Waals surface area contributed by atoms with Gasteiger partial charge in [0.1, 0.15) is 6.17 Å². The highest BCUT2D eigenvalue weighted by atomic mass is 15.2. The molecule has 0 amide bonds. The van der Waals surface area contributed by atoms with Crippen molar-refractivity contribution in [2.75, 3.05) is 13.1 Å². The zero-order valence-corrected chi connectivity index (χ0v) is 11.4. The lowest BCUT2D eigenvalue weighted by Gasteiger charge is -2.30. The molecule has 0 saturated carbocycles. The van der Waals surface area contributed by atoms with E-state index in [1.165, 1.54) is 10.8 Å². The van der Waals surface area contributed by atoms with Crippen LogP contribution in [-0.4, -0.2) is 18.0 Å². The third-order valence-corrected chi connectivity index (χ3v) is 3.54. The lowest BCUT2D eigenvalue weighted by atomic mass is 10.1. The fraction of sp³-hybridized carbons (Fsp3) is 0.235. The molecule has 1 aliphatic rings. The summed E-state index contributed by atoms with van der Waals surface area (Å²) < 4.78 is 0. The number of para-hydroxylation sites is 1. The molecule has 1 atom stereocenters. The zero-order chi connectivity index (χ0) is 13.8. The number of benzene rings is 2. The first-order valence-corrected chi connectivity index (χ1v) is 7.04. The van der Waals surface area contributed by atoms with Gasteiger partial charge in [-0.2, -0.15) is 0 Å². The highest BCUT2D eigenvalue weighted by Crippen LogP contribution is 2.23. The van der Waals surface area contributed by atoms with Crippen LogP contribution in [0, 0.1) is 0 Å². The van der Waals surface area contributed by atoms with E-state index in [1.807, 2.05) is 12.1 Å². The molecule has 1 unspecified atom stereocenters. The first-order valence-electron chi connectivity index (χ1n) is 7.04. The summed E-state index contributed by atoms with van der Waals surface area (Å²) in [4.78, 5) is 7.19. The molecule has 2 N–H and O–H groups in total. The molecule has 0 fully saturated rings. The van der Waals surface area contributed by atoms with Crippen LogP contribution in [0.4, 0.5) is 0 Å². The van der Waals surface area contributed by atoms with Gasteiger partial charge in [0.2, 0.25) is 0 Å². The van der Waals surface area contributed by atoms with E-state index in [2.05, 4.69) is 53.6 Å². The Hall–Kier alpha value is -2.13. The first kappa shape index (κ1) is 12.9. The minimum Gasteiger partial charge on any atom is -0.352 e. The molecule has 1 heterocycles. The van der Waals surface area contributed by atoms with Crippen molar-refractivity contribution < 1.29 is 0 Å². The molecule has 2 aromatic rings. The van der Waals surface area contributed by atoms with Crippen LogP contribution >= 0.6 is 0 Å². The van der Waals surface area contributed by atoms with Crippen molar-refractivity contribution in [2.45, 2.75) is 12.6 Å². The van der Waals surface area contributed by atoms with E-state index in [4.69, 9.17) is 10.7 Å². The summed E-state index contributed by atoms with van der Waals surface area (Å²) in [6.07, 6.45) is 3.23. The van der Waals surface area contributed by atoms with Crippen molar-refractivity contribution >= 4 is 6.20 Å². The zero-order valence-electron chi connectivity index (χ0n) is 11.4.